The summed E-state index contributed by atoms with van der Waals surface area (Å²) in [5.41, 5.74) is 7.83. The SMILES string of the molecule is Cc1ccc(S(=O)(=O)N2CCC[C@H]2C(=O)N[C@@H](Cc2ccc(N)cc2)C(=O)O)cc1. The number of nitrogen functional groups attached to an aromatic ring is 1. The van der Waals surface area contributed by atoms with Gasteiger partial charge >= 0.3 is 5.97 Å². The molecule has 160 valence electrons. The molecule has 8 nitrogen and oxygen atoms in total. The first-order valence-electron chi connectivity index (χ1n) is 9.64. The number of carboxylic acid groups (broad SMARTS) is 1. The lowest BCUT2D eigenvalue weighted by Crippen LogP contribution is -2.51. The zero-order valence-electron chi connectivity index (χ0n) is 16.6. The molecule has 9 heteroatoms. The summed E-state index contributed by atoms with van der Waals surface area (Å²) in [5, 5.41) is 12.0. The van der Waals surface area contributed by atoms with Crippen LogP contribution >= 0.6 is 0 Å². The molecule has 2 atom stereocenters. The van der Waals surface area contributed by atoms with E-state index >= 15 is 0 Å². The summed E-state index contributed by atoms with van der Waals surface area (Å²) in [4.78, 5) is 24.6. The number of nitrogens with zero attached hydrogens (tertiary/aromatic N) is 1. The second-order valence-electron chi connectivity index (χ2n) is 7.43. The number of nitrogens with two attached hydrogens (primary N) is 1. The third-order valence-electron chi connectivity index (χ3n) is 5.17. The molecule has 1 aliphatic rings. The zero-order chi connectivity index (χ0) is 21.9. The van der Waals surface area contributed by atoms with Crippen molar-refractivity contribution in [2.75, 3.05) is 12.3 Å². The lowest BCUT2D eigenvalue weighted by atomic mass is 10.0. The van der Waals surface area contributed by atoms with Crippen molar-refractivity contribution in [1.82, 2.24) is 9.62 Å². The summed E-state index contributed by atoms with van der Waals surface area (Å²) in [6.07, 6.45) is 0.933. The van der Waals surface area contributed by atoms with Gasteiger partial charge < -0.3 is 16.2 Å². The van der Waals surface area contributed by atoms with Crippen LogP contribution in [0.25, 0.3) is 0 Å². The van der Waals surface area contributed by atoms with Gasteiger partial charge in [0.05, 0.1) is 4.90 Å². The number of hydrogen-bond donors (Lipinski definition) is 3. The molecule has 0 saturated carbocycles. The molecule has 1 aliphatic heterocycles. The zero-order valence-corrected chi connectivity index (χ0v) is 17.4. The molecule has 1 heterocycles. The first-order chi connectivity index (χ1) is 14.2. The Morgan fingerprint density at radius 3 is 2.40 bits per heavy atom. The predicted octanol–water partition coefficient (Wildman–Crippen LogP) is 1.54. The number of hydrogen-bond acceptors (Lipinski definition) is 5. The van der Waals surface area contributed by atoms with Crippen molar-refractivity contribution in [3.63, 3.8) is 0 Å². The molecular formula is C21H25N3O5S. The van der Waals surface area contributed by atoms with E-state index in [1.165, 1.54) is 12.1 Å². The number of anilines is 1. The number of rotatable bonds is 7. The summed E-state index contributed by atoms with van der Waals surface area (Å²) < 4.78 is 27.2. The van der Waals surface area contributed by atoms with Gasteiger partial charge in [-0.3, -0.25) is 4.79 Å². The average Bonchev–Trinajstić information content (AvgIpc) is 3.20. The monoisotopic (exact) mass is 431 g/mol. The van der Waals surface area contributed by atoms with Crippen molar-refractivity contribution < 1.29 is 23.1 Å². The van der Waals surface area contributed by atoms with E-state index in [0.29, 0.717) is 24.1 Å². The fourth-order valence-corrected chi connectivity index (χ4v) is 5.15. The lowest BCUT2D eigenvalue weighted by Gasteiger charge is -2.25. The Bertz CT molecular complexity index is 1020. The lowest BCUT2D eigenvalue weighted by molar-refractivity contribution is -0.142. The summed E-state index contributed by atoms with van der Waals surface area (Å²) in [6.45, 7) is 2.07. The number of benzene rings is 2. The Morgan fingerprint density at radius 2 is 1.80 bits per heavy atom. The van der Waals surface area contributed by atoms with Crippen LogP contribution in [0.4, 0.5) is 5.69 Å². The molecule has 3 rings (SSSR count). The number of nitrogens with one attached hydrogen (secondary N) is 1. The standard InChI is InChI=1S/C21H25N3O5S/c1-14-4-10-17(11-5-14)30(28,29)24-12-2-3-19(24)20(25)23-18(21(26)27)13-15-6-8-16(22)9-7-15/h4-11,18-19H,2-3,12-13,22H2,1H3,(H,23,25)(H,26,27)/t18-,19-/m0/s1. The third kappa shape index (κ3) is 4.80. The normalized spacial score (nSPS) is 18.1. The van der Waals surface area contributed by atoms with Gasteiger partial charge in [-0.2, -0.15) is 4.31 Å². The first kappa shape index (κ1) is 21.8. The highest BCUT2D eigenvalue weighted by atomic mass is 32.2. The van der Waals surface area contributed by atoms with E-state index in [9.17, 15) is 23.1 Å². The molecule has 30 heavy (non-hydrogen) atoms. The van der Waals surface area contributed by atoms with E-state index < -0.39 is 34.0 Å². The molecule has 0 bridgehead atoms. The van der Waals surface area contributed by atoms with E-state index in [4.69, 9.17) is 5.73 Å². The maximum Gasteiger partial charge on any atom is 0.326 e. The number of aliphatic carboxylic acids is 1. The Hall–Kier alpha value is -2.91. The van der Waals surface area contributed by atoms with Gasteiger partial charge in [-0.15, -0.1) is 0 Å². The maximum atomic E-state index is 13.0. The predicted molar refractivity (Wildman–Crippen MR) is 112 cm³/mol. The van der Waals surface area contributed by atoms with E-state index in [0.717, 1.165) is 9.87 Å². The molecule has 1 fully saturated rings. The van der Waals surface area contributed by atoms with Gasteiger partial charge in [-0.1, -0.05) is 29.8 Å². The molecule has 0 radical (unpaired) electrons. The molecule has 4 N–H and O–H groups in total. The van der Waals surface area contributed by atoms with Crippen molar-refractivity contribution in [3.05, 3.63) is 59.7 Å². The van der Waals surface area contributed by atoms with Crippen LogP contribution in [0.15, 0.2) is 53.4 Å². The molecular weight excluding hydrogens is 406 g/mol. The minimum Gasteiger partial charge on any atom is -0.480 e. The maximum absolute atomic E-state index is 13.0. The average molecular weight is 432 g/mol. The minimum atomic E-state index is -3.86. The Kier molecular flexibility index (Phi) is 6.42. The van der Waals surface area contributed by atoms with Crippen molar-refractivity contribution in [2.24, 2.45) is 0 Å². The Morgan fingerprint density at radius 1 is 1.17 bits per heavy atom. The fraction of sp³-hybridized carbons (Fsp3) is 0.333. The summed E-state index contributed by atoms with van der Waals surface area (Å²) in [6, 6.07) is 11.0. The largest absolute Gasteiger partial charge is 0.480 e. The van der Waals surface area contributed by atoms with Gasteiger partial charge in [-0.05, 0) is 49.6 Å². The number of sulfonamides is 1. The van der Waals surface area contributed by atoms with Crippen molar-refractivity contribution in [2.45, 2.75) is 43.2 Å². The third-order valence-corrected chi connectivity index (χ3v) is 7.09. The van der Waals surface area contributed by atoms with E-state index in [-0.39, 0.29) is 17.9 Å². The molecule has 0 unspecified atom stereocenters. The van der Waals surface area contributed by atoms with Crippen LogP contribution in [-0.2, 0) is 26.0 Å². The Labute approximate surface area is 175 Å². The highest BCUT2D eigenvalue weighted by Gasteiger charge is 2.40. The molecule has 1 amide bonds. The molecule has 2 aromatic rings. The van der Waals surface area contributed by atoms with Gasteiger partial charge in [0.2, 0.25) is 15.9 Å². The van der Waals surface area contributed by atoms with Crippen LogP contribution in [0.1, 0.15) is 24.0 Å². The smallest absolute Gasteiger partial charge is 0.326 e. The van der Waals surface area contributed by atoms with Gasteiger partial charge in [-0.25, -0.2) is 13.2 Å². The molecule has 0 aliphatic carbocycles. The van der Waals surface area contributed by atoms with Gasteiger partial charge in [0.1, 0.15) is 12.1 Å². The molecule has 2 aromatic carbocycles. The number of aryl methyl sites for hydroxylation is 1. The summed E-state index contributed by atoms with van der Waals surface area (Å²) >= 11 is 0. The highest BCUT2D eigenvalue weighted by molar-refractivity contribution is 7.89. The van der Waals surface area contributed by atoms with Crippen LogP contribution in [0.3, 0.4) is 0 Å². The number of carbonyl (C=O) groups is 2. The second kappa shape index (κ2) is 8.85. The number of carboxylic acids is 1. The molecule has 0 aromatic heterocycles. The van der Waals surface area contributed by atoms with E-state index in [1.807, 2.05) is 6.92 Å². The second-order valence-corrected chi connectivity index (χ2v) is 9.32. The van der Waals surface area contributed by atoms with Crippen molar-refractivity contribution in [3.8, 4) is 0 Å². The molecule has 1 saturated heterocycles. The van der Waals surface area contributed by atoms with Crippen LogP contribution in [0.5, 0.6) is 0 Å². The summed E-state index contributed by atoms with van der Waals surface area (Å²) in [5.74, 6) is -1.79. The van der Waals surface area contributed by atoms with Gasteiger partial charge in [0, 0.05) is 18.7 Å². The van der Waals surface area contributed by atoms with E-state index in [1.54, 1.807) is 36.4 Å². The van der Waals surface area contributed by atoms with Crippen LogP contribution in [0, 0.1) is 6.92 Å². The number of carbonyl (C=O) groups excluding carboxylic acids is 1. The van der Waals surface area contributed by atoms with Gasteiger partial charge in [0.15, 0.2) is 0 Å². The van der Waals surface area contributed by atoms with Crippen molar-refractivity contribution >= 4 is 27.6 Å². The number of amides is 1. The van der Waals surface area contributed by atoms with E-state index in [2.05, 4.69) is 5.32 Å². The fourth-order valence-electron chi connectivity index (χ4n) is 3.49. The Balaban J connectivity index is 1.76. The first-order valence-corrected chi connectivity index (χ1v) is 11.1. The van der Waals surface area contributed by atoms with Crippen LogP contribution < -0.4 is 11.1 Å². The minimum absolute atomic E-state index is 0.0682. The highest BCUT2D eigenvalue weighted by Crippen LogP contribution is 2.26. The quantitative estimate of drug-likeness (QED) is 0.570. The topological polar surface area (TPSA) is 130 Å². The van der Waals surface area contributed by atoms with Gasteiger partial charge in [0.25, 0.3) is 0 Å². The summed E-state index contributed by atoms with van der Waals surface area (Å²) in [7, 11) is -3.86. The van der Waals surface area contributed by atoms with Crippen LogP contribution in [-0.4, -0.2) is 48.3 Å². The van der Waals surface area contributed by atoms with Crippen LogP contribution in [0.2, 0.25) is 0 Å². The van der Waals surface area contributed by atoms with Crippen molar-refractivity contribution in [1.29, 1.82) is 0 Å². The molecule has 0 spiro atoms.